The molecule has 0 fully saturated rings. The van der Waals surface area contributed by atoms with E-state index in [-0.39, 0.29) is 11.9 Å². The van der Waals surface area contributed by atoms with Crippen molar-refractivity contribution in [1.29, 1.82) is 0 Å². The van der Waals surface area contributed by atoms with Crippen LogP contribution in [0.5, 0.6) is 0 Å². The van der Waals surface area contributed by atoms with Crippen LogP contribution in [0.15, 0.2) is 28.9 Å². The van der Waals surface area contributed by atoms with Crippen molar-refractivity contribution in [3.8, 4) is 0 Å². The third-order valence-corrected chi connectivity index (χ3v) is 4.15. The van der Waals surface area contributed by atoms with Gasteiger partial charge >= 0.3 is 0 Å². The molecule has 114 valence electrons. The van der Waals surface area contributed by atoms with E-state index in [1.54, 1.807) is 18.3 Å². The molecule has 0 saturated carbocycles. The minimum Gasteiger partial charge on any atom is -0.305 e. The van der Waals surface area contributed by atoms with Crippen molar-refractivity contribution in [2.45, 2.75) is 32.9 Å². The van der Waals surface area contributed by atoms with E-state index in [4.69, 9.17) is 11.6 Å². The van der Waals surface area contributed by atoms with E-state index in [9.17, 15) is 4.39 Å². The maximum absolute atomic E-state index is 14.5. The van der Waals surface area contributed by atoms with Crippen LogP contribution in [0.4, 0.5) is 4.39 Å². The molecule has 2 rings (SSSR count). The lowest BCUT2D eigenvalue weighted by atomic mass is 10.0. The van der Waals surface area contributed by atoms with Gasteiger partial charge in [0.25, 0.3) is 0 Å². The van der Waals surface area contributed by atoms with E-state index in [1.807, 2.05) is 17.7 Å². The van der Waals surface area contributed by atoms with Gasteiger partial charge in [-0.05, 0) is 35.0 Å². The third kappa shape index (κ3) is 3.47. The fourth-order valence-electron chi connectivity index (χ4n) is 2.35. The first-order chi connectivity index (χ1) is 10.1. The minimum atomic E-state index is -0.325. The lowest BCUT2D eigenvalue weighted by Gasteiger charge is -2.21. The molecule has 1 N–H and O–H groups in total. The van der Waals surface area contributed by atoms with Crippen LogP contribution >= 0.6 is 27.5 Å². The van der Waals surface area contributed by atoms with Crippen molar-refractivity contribution in [3.63, 3.8) is 0 Å². The number of halogens is 3. The summed E-state index contributed by atoms with van der Waals surface area (Å²) in [5, 5.41) is 8.15. The Labute approximate surface area is 137 Å². The molecule has 1 aromatic carbocycles. The molecule has 1 heterocycles. The van der Waals surface area contributed by atoms with E-state index >= 15 is 0 Å². The number of hydrogen-bond donors (Lipinski definition) is 1. The van der Waals surface area contributed by atoms with Crippen molar-refractivity contribution in [2.75, 3.05) is 6.54 Å². The Balaban J connectivity index is 2.53. The largest absolute Gasteiger partial charge is 0.305 e. The average molecular weight is 375 g/mol. The normalized spacial score (nSPS) is 12.6. The lowest BCUT2D eigenvalue weighted by molar-refractivity contribution is 0.500. The van der Waals surface area contributed by atoms with Gasteiger partial charge in [-0.25, -0.2) is 4.39 Å². The van der Waals surface area contributed by atoms with E-state index in [1.165, 1.54) is 0 Å². The highest BCUT2D eigenvalue weighted by molar-refractivity contribution is 9.10. The Kier molecular flexibility index (Phi) is 5.79. The molecule has 1 atom stereocenters. The van der Waals surface area contributed by atoms with Crippen molar-refractivity contribution >= 4 is 27.5 Å². The number of aromatic nitrogens is 2. The number of nitrogens with zero attached hydrogens (tertiary/aromatic N) is 2. The highest BCUT2D eigenvalue weighted by Crippen LogP contribution is 2.32. The average Bonchev–Trinajstić information content (AvgIpc) is 2.81. The van der Waals surface area contributed by atoms with E-state index in [2.05, 4.69) is 33.3 Å². The smallest absolute Gasteiger partial charge is 0.142 e. The van der Waals surface area contributed by atoms with Crippen LogP contribution in [0.2, 0.25) is 5.02 Å². The summed E-state index contributed by atoms with van der Waals surface area (Å²) in [7, 11) is 0. The van der Waals surface area contributed by atoms with Crippen LogP contribution < -0.4 is 5.32 Å². The molecular formula is C15H18BrClFN3. The van der Waals surface area contributed by atoms with Crippen molar-refractivity contribution in [2.24, 2.45) is 0 Å². The molecule has 0 aliphatic rings. The van der Waals surface area contributed by atoms with Crippen LogP contribution in [-0.2, 0) is 6.54 Å². The Hall–Kier alpha value is -0.910. The van der Waals surface area contributed by atoms with Crippen LogP contribution in [-0.4, -0.2) is 16.3 Å². The van der Waals surface area contributed by atoms with Gasteiger partial charge in [-0.15, -0.1) is 0 Å². The molecule has 0 bridgehead atoms. The Morgan fingerprint density at radius 1 is 1.43 bits per heavy atom. The number of aryl methyl sites for hydroxylation is 1. The van der Waals surface area contributed by atoms with Gasteiger partial charge in [0.15, 0.2) is 0 Å². The predicted octanol–water partition coefficient (Wildman–Crippen LogP) is 4.55. The van der Waals surface area contributed by atoms with Crippen LogP contribution in [0.25, 0.3) is 0 Å². The highest BCUT2D eigenvalue weighted by Gasteiger charge is 2.24. The second-order valence-corrected chi connectivity index (χ2v) is 6.00. The lowest BCUT2D eigenvalue weighted by Crippen LogP contribution is -2.26. The summed E-state index contributed by atoms with van der Waals surface area (Å²) >= 11 is 9.53. The summed E-state index contributed by atoms with van der Waals surface area (Å²) in [5.41, 5.74) is 1.36. The van der Waals surface area contributed by atoms with E-state index in [0.717, 1.165) is 18.7 Å². The summed E-state index contributed by atoms with van der Waals surface area (Å²) in [5.74, 6) is -0.274. The van der Waals surface area contributed by atoms with Crippen LogP contribution in [0, 0.1) is 5.82 Å². The fourth-order valence-corrected chi connectivity index (χ4v) is 2.98. The van der Waals surface area contributed by atoms with Crippen molar-refractivity contribution in [1.82, 2.24) is 15.1 Å². The number of benzene rings is 1. The summed E-state index contributed by atoms with van der Waals surface area (Å²) < 4.78 is 16.7. The molecule has 0 amide bonds. The first-order valence-electron chi connectivity index (χ1n) is 6.98. The molecule has 1 unspecified atom stereocenters. The van der Waals surface area contributed by atoms with Crippen molar-refractivity contribution < 1.29 is 4.39 Å². The molecule has 0 spiro atoms. The van der Waals surface area contributed by atoms with Gasteiger partial charge in [-0.1, -0.05) is 37.6 Å². The zero-order valence-corrected chi connectivity index (χ0v) is 14.4. The molecule has 1 aromatic heterocycles. The summed E-state index contributed by atoms with van der Waals surface area (Å²) in [6, 6.07) is 4.95. The Morgan fingerprint density at radius 2 is 2.19 bits per heavy atom. The summed E-state index contributed by atoms with van der Waals surface area (Å²) in [6.07, 6.45) is 2.55. The topological polar surface area (TPSA) is 29.9 Å². The number of hydrogen-bond acceptors (Lipinski definition) is 2. The molecule has 21 heavy (non-hydrogen) atoms. The van der Waals surface area contributed by atoms with Gasteiger partial charge in [0.2, 0.25) is 0 Å². The standard InChI is InChI=1S/C15H18BrClFN3/c1-3-8-21-15(12(17)9-20-21)14(19-4-2)10-6-5-7-11(16)13(10)18/h5-7,9,14,19H,3-4,8H2,1-2H3. The second-order valence-electron chi connectivity index (χ2n) is 4.73. The quantitative estimate of drug-likeness (QED) is 0.804. The molecule has 0 radical (unpaired) electrons. The number of rotatable bonds is 6. The number of nitrogens with one attached hydrogen (secondary N) is 1. The molecule has 0 aliphatic carbocycles. The Morgan fingerprint density at radius 3 is 2.86 bits per heavy atom. The fraction of sp³-hybridized carbons (Fsp3) is 0.400. The van der Waals surface area contributed by atoms with Gasteiger partial charge in [0.1, 0.15) is 5.82 Å². The third-order valence-electron chi connectivity index (χ3n) is 3.24. The minimum absolute atomic E-state index is 0.274. The zero-order chi connectivity index (χ0) is 15.4. The molecule has 2 aromatic rings. The zero-order valence-electron chi connectivity index (χ0n) is 12.0. The van der Waals surface area contributed by atoms with Crippen LogP contribution in [0.1, 0.15) is 37.6 Å². The maximum atomic E-state index is 14.5. The van der Waals surface area contributed by atoms with Gasteiger partial charge in [-0.3, -0.25) is 4.68 Å². The van der Waals surface area contributed by atoms with Crippen LogP contribution in [0.3, 0.4) is 0 Å². The highest BCUT2D eigenvalue weighted by atomic mass is 79.9. The summed E-state index contributed by atoms with van der Waals surface area (Å²) in [4.78, 5) is 0. The van der Waals surface area contributed by atoms with Gasteiger partial charge in [0, 0.05) is 12.1 Å². The first-order valence-corrected chi connectivity index (χ1v) is 8.15. The molecular weight excluding hydrogens is 357 g/mol. The van der Waals surface area contributed by atoms with Gasteiger partial charge < -0.3 is 5.32 Å². The second kappa shape index (κ2) is 7.38. The predicted molar refractivity (Wildman–Crippen MR) is 87.1 cm³/mol. The monoisotopic (exact) mass is 373 g/mol. The molecule has 3 nitrogen and oxygen atoms in total. The first kappa shape index (κ1) is 16.5. The molecule has 0 saturated heterocycles. The van der Waals surface area contributed by atoms with E-state index in [0.29, 0.717) is 21.6 Å². The van der Waals surface area contributed by atoms with E-state index < -0.39 is 0 Å². The van der Waals surface area contributed by atoms with Gasteiger partial charge in [0.05, 0.1) is 27.4 Å². The SMILES string of the molecule is CCCn1ncc(Cl)c1C(NCC)c1cccc(Br)c1F. The molecule has 6 heteroatoms. The summed E-state index contributed by atoms with van der Waals surface area (Å²) in [6.45, 7) is 5.50. The van der Waals surface area contributed by atoms with Gasteiger partial charge in [-0.2, -0.15) is 5.10 Å². The maximum Gasteiger partial charge on any atom is 0.142 e. The van der Waals surface area contributed by atoms with Crippen molar-refractivity contribution in [3.05, 3.63) is 51.0 Å². The Bertz CT molecular complexity index is 615. The molecule has 0 aliphatic heterocycles.